The molecule has 0 saturated heterocycles. The Morgan fingerprint density at radius 2 is 2.20 bits per heavy atom. The van der Waals surface area contributed by atoms with E-state index in [0.717, 1.165) is 18.6 Å². The zero-order chi connectivity index (χ0) is 10.8. The van der Waals surface area contributed by atoms with Crippen molar-refractivity contribution in [2.45, 2.75) is 45.3 Å². The van der Waals surface area contributed by atoms with Crippen LogP contribution in [0, 0.1) is 0 Å². The average molecular weight is 205 g/mol. The van der Waals surface area contributed by atoms with E-state index in [1.54, 1.807) is 0 Å². The van der Waals surface area contributed by atoms with E-state index in [2.05, 4.69) is 18.2 Å². The molecule has 0 fully saturated rings. The molecule has 0 radical (unpaired) electrons. The Morgan fingerprint density at radius 3 is 2.93 bits per heavy atom. The van der Waals surface area contributed by atoms with Crippen LogP contribution >= 0.6 is 0 Å². The van der Waals surface area contributed by atoms with Crippen molar-refractivity contribution in [2.75, 3.05) is 0 Å². The molecular weight excluding hydrogens is 186 g/mol. The second kappa shape index (κ2) is 4.23. The molecule has 2 rings (SSSR count). The first kappa shape index (κ1) is 10.5. The molecule has 0 bridgehead atoms. The van der Waals surface area contributed by atoms with Gasteiger partial charge < -0.3 is 10.5 Å². The van der Waals surface area contributed by atoms with Gasteiger partial charge >= 0.3 is 0 Å². The Bertz CT molecular complexity index is 346. The Kier molecular flexibility index (Phi) is 2.96. The fraction of sp³-hybridized carbons (Fsp3) is 0.538. The van der Waals surface area contributed by atoms with E-state index in [-0.39, 0.29) is 12.1 Å². The van der Waals surface area contributed by atoms with Gasteiger partial charge in [0.25, 0.3) is 0 Å². The maximum absolute atomic E-state index is 6.09. The van der Waals surface area contributed by atoms with Crippen molar-refractivity contribution in [1.82, 2.24) is 0 Å². The third-order valence-electron chi connectivity index (χ3n) is 2.85. The van der Waals surface area contributed by atoms with Crippen LogP contribution in [0.3, 0.4) is 0 Å². The van der Waals surface area contributed by atoms with E-state index in [0.29, 0.717) is 0 Å². The second-order valence-electron chi connectivity index (χ2n) is 4.53. The molecule has 0 aromatic heterocycles. The average Bonchev–Trinajstić information content (AvgIpc) is 2.18. The molecule has 0 amide bonds. The molecule has 0 aliphatic heterocycles. The van der Waals surface area contributed by atoms with Gasteiger partial charge in [-0.3, -0.25) is 0 Å². The fourth-order valence-electron chi connectivity index (χ4n) is 2.16. The number of nitrogens with two attached hydrogens (primary N) is 1. The van der Waals surface area contributed by atoms with Crippen molar-refractivity contribution < 1.29 is 4.74 Å². The zero-order valence-corrected chi connectivity index (χ0v) is 9.49. The summed E-state index contributed by atoms with van der Waals surface area (Å²) in [5, 5.41) is 0. The van der Waals surface area contributed by atoms with Gasteiger partial charge in [-0.05, 0) is 56.4 Å². The van der Waals surface area contributed by atoms with E-state index >= 15 is 0 Å². The Hall–Kier alpha value is -1.02. The number of ether oxygens (including phenoxy) is 1. The second-order valence-corrected chi connectivity index (χ2v) is 4.53. The summed E-state index contributed by atoms with van der Waals surface area (Å²) in [6, 6.07) is 6.52. The molecule has 2 heteroatoms. The van der Waals surface area contributed by atoms with Gasteiger partial charge in [0.05, 0.1) is 6.10 Å². The van der Waals surface area contributed by atoms with Crippen LogP contribution in [0.5, 0.6) is 5.75 Å². The van der Waals surface area contributed by atoms with Gasteiger partial charge in [0.15, 0.2) is 0 Å². The summed E-state index contributed by atoms with van der Waals surface area (Å²) in [4.78, 5) is 0. The lowest BCUT2D eigenvalue weighted by molar-refractivity contribution is 0.242. The smallest absolute Gasteiger partial charge is 0.120 e. The molecule has 2 nitrogen and oxygen atoms in total. The van der Waals surface area contributed by atoms with Crippen molar-refractivity contribution in [3.63, 3.8) is 0 Å². The quantitative estimate of drug-likeness (QED) is 0.805. The van der Waals surface area contributed by atoms with E-state index in [1.807, 2.05) is 13.8 Å². The lowest BCUT2D eigenvalue weighted by Crippen LogP contribution is -2.17. The topological polar surface area (TPSA) is 35.2 Å². The van der Waals surface area contributed by atoms with Crippen molar-refractivity contribution >= 4 is 0 Å². The number of hydrogen-bond acceptors (Lipinski definition) is 2. The summed E-state index contributed by atoms with van der Waals surface area (Å²) < 4.78 is 5.67. The number of rotatable bonds is 2. The van der Waals surface area contributed by atoms with Crippen molar-refractivity contribution in [2.24, 2.45) is 5.73 Å². The van der Waals surface area contributed by atoms with Gasteiger partial charge in [-0.25, -0.2) is 0 Å². The first-order valence-corrected chi connectivity index (χ1v) is 5.72. The highest BCUT2D eigenvalue weighted by molar-refractivity contribution is 5.39. The summed E-state index contributed by atoms with van der Waals surface area (Å²) in [5.41, 5.74) is 8.76. The van der Waals surface area contributed by atoms with Crippen molar-refractivity contribution in [3.8, 4) is 5.75 Å². The van der Waals surface area contributed by atoms with Gasteiger partial charge in [-0.1, -0.05) is 6.07 Å². The van der Waals surface area contributed by atoms with Gasteiger partial charge in [0.2, 0.25) is 0 Å². The molecule has 82 valence electrons. The first-order chi connectivity index (χ1) is 7.16. The summed E-state index contributed by atoms with van der Waals surface area (Å²) in [6.07, 6.45) is 3.68. The third kappa shape index (κ3) is 2.32. The molecule has 1 aliphatic carbocycles. The fourth-order valence-corrected chi connectivity index (χ4v) is 2.16. The summed E-state index contributed by atoms with van der Waals surface area (Å²) in [6.45, 7) is 4.08. The Labute approximate surface area is 91.4 Å². The molecule has 0 saturated carbocycles. The monoisotopic (exact) mass is 205 g/mol. The minimum absolute atomic E-state index is 0.199. The normalized spacial score (nSPS) is 20.1. The first-order valence-electron chi connectivity index (χ1n) is 5.72. The van der Waals surface area contributed by atoms with Gasteiger partial charge in [0.1, 0.15) is 5.75 Å². The van der Waals surface area contributed by atoms with Crippen molar-refractivity contribution in [1.29, 1.82) is 0 Å². The number of benzene rings is 1. The molecular formula is C13H19NO. The molecule has 0 spiro atoms. The van der Waals surface area contributed by atoms with Crippen LogP contribution < -0.4 is 10.5 Å². The summed E-state index contributed by atoms with van der Waals surface area (Å²) in [5.74, 6) is 0.945. The van der Waals surface area contributed by atoms with Crippen LogP contribution in [0.4, 0.5) is 0 Å². The van der Waals surface area contributed by atoms with Crippen LogP contribution in [-0.4, -0.2) is 6.10 Å². The molecule has 1 aromatic rings. The van der Waals surface area contributed by atoms with Crippen LogP contribution in [0.2, 0.25) is 0 Å². The van der Waals surface area contributed by atoms with Crippen LogP contribution in [0.1, 0.15) is 43.9 Å². The largest absolute Gasteiger partial charge is 0.491 e. The highest BCUT2D eigenvalue weighted by atomic mass is 16.5. The highest BCUT2D eigenvalue weighted by Gasteiger charge is 2.17. The molecule has 15 heavy (non-hydrogen) atoms. The molecule has 0 unspecified atom stereocenters. The van der Waals surface area contributed by atoms with E-state index < -0.39 is 0 Å². The predicted octanol–water partition coefficient (Wildman–Crippen LogP) is 2.81. The number of hydrogen-bond donors (Lipinski definition) is 1. The van der Waals surface area contributed by atoms with E-state index in [1.165, 1.54) is 17.5 Å². The standard InChI is InChI=1S/C13H19NO/c1-9(2)15-11-7-6-10-4-3-5-13(14)12(10)8-11/h6-9,13H,3-5,14H2,1-2H3/t13-/m1/s1. The van der Waals surface area contributed by atoms with Gasteiger partial charge in [-0.15, -0.1) is 0 Å². The highest BCUT2D eigenvalue weighted by Crippen LogP contribution is 2.31. The molecule has 1 aromatic carbocycles. The molecule has 1 atom stereocenters. The molecule has 1 aliphatic rings. The SMILES string of the molecule is CC(C)Oc1ccc2c(c1)[C@H](N)CCC2. The lowest BCUT2D eigenvalue weighted by Gasteiger charge is -2.23. The van der Waals surface area contributed by atoms with Crippen LogP contribution in [0.15, 0.2) is 18.2 Å². The number of fused-ring (bicyclic) bond motifs is 1. The summed E-state index contributed by atoms with van der Waals surface area (Å²) in [7, 11) is 0. The maximum atomic E-state index is 6.09. The zero-order valence-electron chi connectivity index (χ0n) is 9.49. The van der Waals surface area contributed by atoms with Crippen LogP contribution in [0.25, 0.3) is 0 Å². The summed E-state index contributed by atoms with van der Waals surface area (Å²) >= 11 is 0. The van der Waals surface area contributed by atoms with Gasteiger partial charge in [0, 0.05) is 6.04 Å². The molecule has 2 N–H and O–H groups in total. The van der Waals surface area contributed by atoms with Gasteiger partial charge in [-0.2, -0.15) is 0 Å². The predicted molar refractivity (Wildman–Crippen MR) is 62.1 cm³/mol. The lowest BCUT2D eigenvalue weighted by atomic mass is 9.88. The third-order valence-corrected chi connectivity index (χ3v) is 2.85. The van der Waals surface area contributed by atoms with E-state index in [9.17, 15) is 0 Å². The van der Waals surface area contributed by atoms with Crippen LogP contribution in [-0.2, 0) is 6.42 Å². The Morgan fingerprint density at radius 1 is 1.40 bits per heavy atom. The van der Waals surface area contributed by atoms with E-state index in [4.69, 9.17) is 10.5 Å². The minimum atomic E-state index is 0.199. The van der Waals surface area contributed by atoms with Crippen molar-refractivity contribution in [3.05, 3.63) is 29.3 Å². The molecule has 0 heterocycles. The minimum Gasteiger partial charge on any atom is -0.491 e. The Balaban J connectivity index is 2.27. The number of aryl methyl sites for hydroxylation is 1. The maximum Gasteiger partial charge on any atom is 0.120 e.